The Morgan fingerprint density at radius 3 is 2.43 bits per heavy atom. The second-order valence-corrected chi connectivity index (χ2v) is 7.80. The lowest BCUT2D eigenvalue weighted by Gasteiger charge is -2.39. The van der Waals surface area contributed by atoms with Crippen molar-refractivity contribution in [1.82, 2.24) is 14.9 Å². The van der Waals surface area contributed by atoms with Crippen LogP contribution in [0.4, 0.5) is 16.0 Å². The van der Waals surface area contributed by atoms with Crippen LogP contribution in [-0.4, -0.2) is 46.2 Å². The Hall–Kier alpha value is -2.90. The molecule has 1 aliphatic heterocycles. The van der Waals surface area contributed by atoms with E-state index >= 15 is 0 Å². The molecule has 30 heavy (non-hydrogen) atoms. The molecule has 4 rings (SSSR count). The third-order valence-corrected chi connectivity index (χ3v) is 5.83. The Morgan fingerprint density at radius 1 is 1.07 bits per heavy atom. The minimum atomic E-state index is -0.302. The number of phenolic OH excluding ortho intramolecular Hbond substituents is 1. The maximum atomic E-state index is 13.4. The van der Waals surface area contributed by atoms with E-state index < -0.39 is 0 Å². The molecule has 2 heterocycles. The zero-order valence-electron chi connectivity index (χ0n) is 16.6. The SMILES string of the molecule is CC(c1ccc(Cl)cc1O)N1CCN(c2ncnc(N)c2-c2ccc(F)cc2)CC1. The molecule has 1 aromatic heterocycles. The zero-order valence-corrected chi connectivity index (χ0v) is 17.3. The smallest absolute Gasteiger partial charge is 0.142 e. The number of anilines is 2. The quantitative estimate of drug-likeness (QED) is 0.652. The molecule has 0 saturated carbocycles. The van der Waals surface area contributed by atoms with Crippen LogP contribution in [0.1, 0.15) is 18.5 Å². The molecule has 0 bridgehead atoms. The number of aromatic nitrogens is 2. The van der Waals surface area contributed by atoms with E-state index in [4.69, 9.17) is 17.3 Å². The lowest BCUT2D eigenvalue weighted by Crippen LogP contribution is -2.47. The van der Waals surface area contributed by atoms with E-state index in [1.165, 1.54) is 18.5 Å². The van der Waals surface area contributed by atoms with Crippen LogP contribution >= 0.6 is 11.6 Å². The first-order chi connectivity index (χ1) is 14.4. The summed E-state index contributed by atoms with van der Waals surface area (Å²) in [6, 6.07) is 11.5. The molecule has 0 aliphatic carbocycles. The fourth-order valence-electron chi connectivity index (χ4n) is 3.91. The van der Waals surface area contributed by atoms with Gasteiger partial charge in [-0.05, 0) is 36.8 Å². The molecule has 3 N–H and O–H groups in total. The van der Waals surface area contributed by atoms with Crippen molar-refractivity contribution in [3.8, 4) is 16.9 Å². The van der Waals surface area contributed by atoms with Gasteiger partial charge in [-0.15, -0.1) is 0 Å². The summed E-state index contributed by atoms with van der Waals surface area (Å²) in [5.41, 5.74) is 8.51. The number of nitrogens with zero attached hydrogens (tertiary/aromatic N) is 4. The third-order valence-electron chi connectivity index (χ3n) is 5.59. The summed E-state index contributed by atoms with van der Waals surface area (Å²) in [6.45, 7) is 5.13. The normalized spacial score (nSPS) is 15.9. The second-order valence-electron chi connectivity index (χ2n) is 7.37. The first kappa shape index (κ1) is 20.4. The number of halogens is 2. The number of phenols is 1. The van der Waals surface area contributed by atoms with Crippen LogP contribution in [0.3, 0.4) is 0 Å². The lowest BCUT2D eigenvalue weighted by molar-refractivity contribution is 0.195. The zero-order chi connectivity index (χ0) is 21.3. The van der Waals surface area contributed by atoms with Gasteiger partial charge in [0.15, 0.2) is 0 Å². The summed E-state index contributed by atoms with van der Waals surface area (Å²) in [5.74, 6) is 1.02. The number of nitrogens with two attached hydrogens (primary N) is 1. The van der Waals surface area contributed by atoms with Crippen molar-refractivity contribution in [2.24, 2.45) is 0 Å². The van der Waals surface area contributed by atoms with Gasteiger partial charge in [0, 0.05) is 42.8 Å². The second kappa shape index (κ2) is 8.45. The molecule has 6 nitrogen and oxygen atoms in total. The summed E-state index contributed by atoms with van der Waals surface area (Å²) in [5, 5.41) is 10.8. The van der Waals surface area contributed by atoms with Gasteiger partial charge in [0.05, 0.1) is 5.56 Å². The van der Waals surface area contributed by atoms with Crippen molar-refractivity contribution in [3.63, 3.8) is 0 Å². The Morgan fingerprint density at radius 2 is 1.77 bits per heavy atom. The van der Waals surface area contributed by atoms with Crippen molar-refractivity contribution in [3.05, 3.63) is 65.2 Å². The van der Waals surface area contributed by atoms with E-state index in [-0.39, 0.29) is 17.6 Å². The predicted octanol–water partition coefficient (Wildman–Crippen LogP) is 4.11. The van der Waals surface area contributed by atoms with Gasteiger partial charge in [-0.3, -0.25) is 4.90 Å². The van der Waals surface area contributed by atoms with Gasteiger partial charge in [0.25, 0.3) is 0 Å². The molecule has 3 aromatic rings. The highest BCUT2D eigenvalue weighted by Gasteiger charge is 2.26. The van der Waals surface area contributed by atoms with Crippen LogP contribution in [-0.2, 0) is 0 Å². The Kier molecular flexibility index (Phi) is 5.74. The van der Waals surface area contributed by atoms with E-state index in [0.29, 0.717) is 16.4 Å². The van der Waals surface area contributed by atoms with Crippen molar-refractivity contribution >= 4 is 23.2 Å². The average Bonchev–Trinajstić information content (AvgIpc) is 2.74. The average molecular weight is 428 g/mol. The lowest BCUT2D eigenvalue weighted by atomic mass is 10.0. The number of rotatable bonds is 4. The fraction of sp³-hybridized carbons (Fsp3) is 0.273. The number of benzene rings is 2. The van der Waals surface area contributed by atoms with Crippen molar-refractivity contribution < 1.29 is 9.50 Å². The van der Waals surface area contributed by atoms with Gasteiger partial charge in [-0.25, -0.2) is 14.4 Å². The van der Waals surface area contributed by atoms with E-state index in [2.05, 4.69) is 26.7 Å². The number of nitrogen functional groups attached to an aromatic ring is 1. The van der Waals surface area contributed by atoms with Crippen LogP contribution < -0.4 is 10.6 Å². The van der Waals surface area contributed by atoms with Crippen LogP contribution in [0, 0.1) is 5.82 Å². The summed E-state index contributed by atoms with van der Waals surface area (Å²) in [6.07, 6.45) is 1.46. The Balaban J connectivity index is 1.53. The minimum Gasteiger partial charge on any atom is -0.508 e. The van der Waals surface area contributed by atoms with Gasteiger partial charge < -0.3 is 15.7 Å². The largest absolute Gasteiger partial charge is 0.508 e. The Labute approximate surface area is 179 Å². The highest BCUT2D eigenvalue weighted by atomic mass is 35.5. The van der Waals surface area contributed by atoms with Crippen molar-refractivity contribution in [1.29, 1.82) is 0 Å². The topological polar surface area (TPSA) is 78.5 Å². The van der Waals surface area contributed by atoms with Crippen LogP contribution in [0.5, 0.6) is 5.75 Å². The molecule has 0 amide bonds. The van der Waals surface area contributed by atoms with E-state index in [0.717, 1.165) is 43.1 Å². The molecule has 8 heteroatoms. The fourth-order valence-corrected chi connectivity index (χ4v) is 4.08. The van der Waals surface area contributed by atoms with E-state index in [1.54, 1.807) is 24.3 Å². The molecule has 1 fully saturated rings. The molecule has 1 aliphatic rings. The molecular formula is C22H23ClFN5O. The van der Waals surface area contributed by atoms with Gasteiger partial charge in [-0.2, -0.15) is 0 Å². The molecule has 1 unspecified atom stereocenters. The summed E-state index contributed by atoms with van der Waals surface area (Å²) < 4.78 is 13.4. The monoisotopic (exact) mass is 427 g/mol. The van der Waals surface area contributed by atoms with Crippen LogP contribution in [0.15, 0.2) is 48.8 Å². The van der Waals surface area contributed by atoms with Crippen molar-refractivity contribution in [2.45, 2.75) is 13.0 Å². The first-order valence-electron chi connectivity index (χ1n) is 9.78. The molecule has 156 valence electrons. The molecule has 0 spiro atoms. The highest BCUT2D eigenvalue weighted by molar-refractivity contribution is 6.30. The van der Waals surface area contributed by atoms with Crippen LogP contribution in [0.25, 0.3) is 11.1 Å². The standard InChI is InChI=1S/C22H23ClFN5O/c1-14(18-7-4-16(23)12-19(18)30)28-8-10-29(11-9-28)22-20(21(25)26-13-27-22)15-2-5-17(24)6-3-15/h2-7,12-14,30H,8-11H2,1H3,(H2,25,26,27). The van der Waals surface area contributed by atoms with E-state index in [9.17, 15) is 9.50 Å². The molecule has 0 radical (unpaired) electrons. The van der Waals surface area contributed by atoms with E-state index in [1.807, 2.05) is 6.07 Å². The highest BCUT2D eigenvalue weighted by Crippen LogP contribution is 2.35. The van der Waals surface area contributed by atoms with Gasteiger partial charge in [-0.1, -0.05) is 29.8 Å². The Bertz CT molecular complexity index is 1040. The van der Waals surface area contributed by atoms with Gasteiger partial charge >= 0.3 is 0 Å². The first-order valence-corrected chi connectivity index (χ1v) is 10.2. The molecule has 2 aromatic carbocycles. The molecule has 1 atom stereocenters. The maximum Gasteiger partial charge on any atom is 0.142 e. The van der Waals surface area contributed by atoms with Crippen LogP contribution in [0.2, 0.25) is 5.02 Å². The molecule has 1 saturated heterocycles. The number of hydrogen-bond acceptors (Lipinski definition) is 6. The number of hydrogen-bond donors (Lipinski definition) is 2. The number of aromatic hydroxyl groups is 1. The van der Waals surface area contributed by atoms with Gasteiger partial charge in [0.1, 0.15) is 29.5 Å². The summed E-state index contributed by atoms with van der Waals surface area (Å²) >= 11 is 5.96. The predicted molar refractivity (Wildman–Crippen MR) is 117 cm³/mol. The summed E-state index contributed by atoms with van der Waals surface area (Å²) in [4.78, 5) is 13.1. The third kappa shape index (κ3) is 4.04. The van der Waals surface area contributed by atoms with Crippen molar-refractivity contribution in [2.75, 3.05) is 36.8 Å². The minimum absolute atomic E-state index is 0.0523. The maximum absolute atomic E-state index is 13.4. The number of piperazine rings is 1. The summed E-state index contributed by atoms with van der Waals surface area (Å²) in [7, 11) is 0. The molecular weight excluding hydrogens is 405 g/mol. The van der Waals surface area contributed by atoms with Gasteiger partial charge in [0.2, 0.25) is 0 Å².